The van der Waals surface area contributed by atoms with Crippen LogP contribution < -0.4 is 15.4 Å². The van der Waals surface area contributed by atoms with Crippen LogP contribution in [-0.2, 0) is 4.74 Å². The van der Waals surface area contributed by atoms with Crippen LogP contribution in [0.5, 0.6) is 5.75 Å². The molecule has 2 aliphatic heterocycles. The molecular formula is C19H28FN3O2. The molecule has 4 unspecified atom stereocenters. The normalized spacial score (nSPS) is 26.5. The molecule has 3 rings (SSSR count). The highest BCUT2D eigenvalue weighted by Crippen LogP contribution is 2.34. The second-order valence-corrected chi connectivity index (χ2v) is 6.66. The fraction of sp³-hybridized carbons (Fsp3) is 0.632. The molecule has 25 heavy (non-hydrogen) atoms. The van der Waals surface area contributed by atoms with Crippen molar-refractivity contribution in [3.8, 4) is 5.75 Å². The largest absolute Gasteiger partial charge is 0.485 e. The lowest BCUT2D eigenvalue weighted by atomic mass is 9.96. The first-order valence-corrected chi connectivity index (χ1v) is 9.31. The summed E-state index contributed by atoms with van der Waals surface area (Å²) in [5.41, 5.74) is 0. The molecule has 0 aliphatic carbocycles. The Balaban J connectivity index is 1.58. The number of ether oxygens (including phenoxy) is 2. The van der Waals surface area contributed by atoms with Gasteiger partial charge in [-0.3, -0.25) is 0 Å². The number of guanidine groups is 1. The average Bonchev–Trinajstić information content (AvgIpc) is 3.23. The van der Waals surface area contributed by atoms with E-state index < -0.39 is 0 Å². The lowest BCUT2D eigenvalue weighted by Gasteiger charge is -2.23. The topological polar surface area (TPSA) is 54.9 Å². The van der Waals surface area contributed by atoms with Crippen LogP contribution in [0, 0.1) is 5.82 Å². The summed E-state index contributed by atoms with van der Waals surface area (Å²) < 4.78 is 25.4. The summed E-state index contributed by atoms with van der Waals surface area (Å²) in [6.45, 7) is 5.33. The van der Waals surface area contributed by atoms with Crippen molar-refractivity contribution >= 4 is 5.96 Å². The van der Waals surface area contributed by atoms with Crippen LogP contribution in [0.2, 0.25) is 0 Å². The van der Waals surface area contributed by atoms with E-state index in [0.29, 0.717) is 24.8 Å². The number of nitrogens with one attached hydrogen (secondary N) is 2. The van der Waals surface area contributed by atoms with Crippen LogP contribution in [0.25, 0.3) is 0 Å². The minimum Gasteiger partial charge on any atom is -0.485 e. The Hall–Kier alpha value is -1.82. The molecular weight excluding hydrogens is 321 g/mol. The monoisotopic (exact) mass is 349 g/mol. The Bertz CT molecular complexity index is 596. The van der Waals surface area contributed by atoms with E-state index in [1.807, 2.05) is 13.8 Å². The van der Waals surface area contributed by atoms with Gasteiger partial charge in [0, 0.05) is 6.54 Å². The highest BCUT2D eigenvalue weighted by Gasteiger charge is 2.41. The quantitative estimate of drug-likeness (QED) is 0.587. The van der Waals surface area contributed by atoms with E-state index in [1.165, 1.54) is 12.5 Å². The highest BCUT2D eigenvalue weighted by molar-refractivity contribution is 5.80. The van der Waals surface area contributed by atoms with E-state index in [-0.39, 0.29) is 17.7 Å². The van der Waals surface area contributed by atoms with Crippen molar-refractivity contribution in [3.63, 3.8) is 0 Å². The molecule has 1 aromatic carbocycles. The van der Waals surface area contributed by atoms with Gasteiger partial charge >= 0.3 is 0 Å². The molecule has 138 valence electrons. The second kappa shape index (κ2) is 8.52. The van der Waals surface area contributed by atoms with Crippen molar-refractivity contribution in [2.45, 2.75) is 63.9 Å². The predicted octanol–water partition coefficient (Wildman–Crippen LogP) is 2.86. The molecule has 5 nitrogen and oxygen atoms in total. The first-order valence-electron chi connectivity index (χ1n) is 9.31. The average molecular weight is 349 g/mol. The molecule has 0 amide bonds. The number of hydrogen-bond donors (Lipinski definition) is 2. The first-order chi connectivity index (χ1) is 12.2. The number of aliphatic imine (C=N–C) groups is 1. The molecule has 2 fully saturated rings. The molecule has 0 aromatic heterocycles. The maximum absolute atomic E-state index is 13.8. The summed E-state index contributed by atoms with van der Waals surface area (Å²) in [6, 6.07) is 6.81. The number of halogens is 1. The van der Waals surface area contributed by atoms with Crippen molar-refractivity contribution in [3.05, 3.63) is 30.1 Å². The van der Waals surface area contributed by atoms with Gasteiger partial charge in [-0.05, 0) is 44.7 Å². The number of hydrogen-bond acceptors (Lipinski definition) is 3. The van der Waals surface area contributed by atoms with Gasteiger partial charge in [0.25, 0.3) is 0 Å². The Morgan fingerprint density at radius 3 is 2.84 bits per heavy atom. The molecule has 2 N–H and O–H groups in total. The van der Waals surface area contributed by atoms with E-state index in [0.717, 1.165) is 31.8 Å². The molecule has 0 radical (unpaired) electrons. The van der Waals surface area contributed by atoms with E-state index in [2.05, 4.69) is 15.6 Å². The van der Waals surface area contributed by atoms with Gasteiger partial charge in [0.2, 0.25) is 0 Å². The number of benzene rings is 1. The first kappa shape index (κ1) is 18.0. The Labute approximate surface area is 149 Å². The third-order valence-corrected chi connectivity index (χ3v) is 4.81. The van der Waals surface area contributed by atoms with Gasteiger partial charge in [0.1, 0.15) is 6.10 Å². The van der Waals surface area contributed by atoms with Crippen molar-refractivity contribution < 1.29 is 13.9 Å². The fourth-order valence-corrected chi connectivity index (χ4v) is 3.45. The third-order valence-electron chi connectivity index (χ3n) is 4.81. The fourth-order valence-electron chi connectivity index (χ4n) is 3.45. The molecule has 2 heterocycles. The Kier molecular flexibility index (Phi) is 6.13. The van der Waals surface area contributed by atoms with Crippen molar-refractivity contribution in [2.24, 2.45) is 4.99 Å². The van der Waals surface area contributed by atoms with Crippen molar-refractivity contribution in [1.29, 1.82) is 0 Å². The van der Waals surface area contributed by atoms with E-state index in [4.69, 9.17) is 9.47 Å². The van der Waals surface area contributed by atoms with Gasteiger partial charge < -0.3 is 20.1 Å². The minimum absolute atomic E-state index is 0.163. The van der Waals surface area contributed by atoms with Crippen LogP contribution in [0.3, 0.4) is 0 Å². The number of para-hydroxylation sites is 1. The standard InChI is InChI=1S/C19H28FN3O2/c1-3-13(24-17-8-6-5-7-15(17)20)12-22-19(21-4-2)23-16-11-14-9-10-18(16)25-14/h5-8,13-14,16,18H,3-4,9-12H2,1-2H3,(H2,21,22,23). The summed E-state index contributed by atoms with van der Waals surface area (Å²) in [7, 11) is 0. The summed E-state index contributed by atoms with van der Waals surface area (Å²) >= 11 is 0. The second-order valence-electron chi connectivity index (χ2n) is 6.66. The molecule has 2 saturated heterocycles. The van der Waals surface area contributed by atoms with Crippen molar-refractivity contribution in [2.75, 3.05) is 13.1 Å². The van der Waals surface area contributed by atoms with Crippen LogP contribution >= 0.6 is 0 Å². The maximum Gasteiger partial charge on any atom is 0.191 e. The number of fused-ring (bicyclic) bond motifs is 2. The van der Waals surface area contributed by atoms with Gasteiger partial charge in [-0.25, -0.2) is 9.38 Å². The van der Waals surface area contributed by atoms with Gasteiger partial charge in [-0.15, -0.1) is 0 Å². The van der Waals surface area contributed by atoms with Crippen LogP contribution in [0.15, 0.2) is 29.3 Å². The lowest BCUT2D eigenvalue weighted by Crippen LogP contribution is -2.47. The molecule has 4 atom stereocenters. The van der Waals surface area contributed by atoms with Gasteiger partial charge in [0.05, 0.1) is 24.8 Å². The summed E-state index contributed by atoms with van der Waals surface area (Å²) in [5, 5.41) is 6.76. The molecule has 0 saturated carbocycles. The van der Waals surface area contributed by atoms with E-state index in [1.54, 1.807) is 18.2 Å². The molecule has 0 spiro atoms. The van der Waals surface area contributed by atoms with E-state index >= 15 is 0 Å². The lowest BCUT2D eigenvalue weighted by molar-refractivity contribution is 0.0992. The summed E-state index contributed by atoms with van der Waals surface area (Å²) in [5.74, 6) is 0.720. The SMILES string of the molecule is CCNC(=NCC(CC)Oc1ccccc1F)NC1CC2CCC1O2. The predicted molar refractivity (Wildman–Crippen MR) is 96.5 cm³/mol. The molecule has 6 heteroatoms. The Morgan fingerprint density at radius 2 is 2.20 bits per heavy atom. The molecule has 2 aliphatic rings. The Morgan fingerprint density at radius 1 is 1.36 bits per heavy atom. The molecule has 2 bridgehead atoms. The van der Waals surface area contributed by atoms with Crippen LogP contribution in [0.4, 0.5) is 4.39 Å². The van der Waals surface area contributed by atoms with E-state index in [9.17, 15) is 4.39 Å². The van der Waals surface area contributed by atoms with Crippen LogP contribution in [0.1, 0.15) is 39.5 Å². The highest BCUT2D eigenvalue weighted by atomic mass is 19.1. The molecule has 1 aromatic rings. The maximum atomic E-state index is 13.8. The zero-order valence-corrected chi connectivity index (χ0v) is 15.0. The van der Waals surface area contributed by atoms with Gasteiger partial charge in [-0.1, -0.05) is 19.1 Å². The summed E-state index contributed by atoms with van der Waals surface area (Å²) in [4.78, 5) is 4.65. The van der Waals surface area contributed by atoms with Crippen LogP contribution in [-0.4, -0.2) is 43.4 Å². The van der Waals surface area contributed by atoms with Gasteiger partial charge in [-0.2, -0.15) is 0 Å². The number of rotatable bonds is 7. The van der Waals surface area contributed by atoms with Crippen molar-refractivity contribution in [1.82, 2.24) is 10.6 Å². The smallest absolute Gasteiger partial charge is 0.191 e. The van der Waals surface area contributed by atoms with Gasteiger partial charge in [0.15, 0.2) is 17.5 Å². The minimum atomic E-state index is -0.339. The summed E-state index contributed by atoms with van der Waals surface area (Å²) in [6.07, 6.45) is 4.62. The third kappa shape index (κ3) is 4.63. The zero-order chi connectivity index (χ0) is 17.6. The zero-order valence-electron chi connectivity index (χ0n) is 15.0. The number of nitrogens with zero attached hydrogens (tertiary/aromatic N) is 1.